The molecule has 2 saturated carbocycles. The SMILES string of the molecule is CCCN(CC1CC1)C1CCCCC1NCC. The molecule has 2 heteroatoms. The summed E-state index contributed by atoms with van der Waals surface area (Å²) in [7, 11) is 0. The Labute approximate surface area is 107 Å². The Morgan fingerprint density at radius 3 is 2.47 bits per heavy atom. The lowest BCUT2D eigenvalue weighted by Gasteiger charge is -2.40. The second-order valence-electron chi connectivity index (χ2n) is 5.95. The molecule has 0 aromatic heterocycles. The van der Waals surface area contributed by atoms with Gasteiger partial charge in [-0.1, -0.05) is 26.7 Å². The fourth-order valence-corrected chi connectivity index (χ4v) is 3.36. The first-order valence-electron chi connectivity index (χ1n) is 7.82. The third kappa shape index (κ3) is 3.96. The van der Waals surface area contributed by atoms with Crippen LogP contribution in [-0.4, -0.2) is 36.6 Å². The van der Waals surface area contributed by atoms with Crippen LogP contribution in [0.25, 0.3) is 0 Å². The molecule has 0 bridgehead atoms. The van der Waals surface area contributed by atoms with Crippen LogP contribution in [-0.2, 0) is 0 Å². The van der Waals surface area contributed by atoms with E-state index in [1.165, 1.54) is 58.0 Å². The average molecular weight is 238 g/mol. The molecule has 2 aliphatic carbocycles. The predicted molar refractivity (Wildman–Crippen MR) is 74.3 cm³/mol. The van der Waals surface area contributed by atoms with Gasteiger partial charge in [0.1, 0.15) is 0 Å². The topological polar surface area (TPSA) is 15.3 Å². The molecule has 2 atom stereocenters. The van der Waals surface area contributed by atoms with Crippen molar-refractivity contribution < 1.29 is 0 Å². The summed E-state index contributed by atoms with van der Waals surface area (Å²) in [5, 5.41) is 3.73. The molecular weight excluding hydrogens is 208 g/mol. The zero-order valence-corrected chi connectivity index (χ0v) is 11.8. The molecule has 2 unspecified atom stereocenters. The Morgan fingerprint density at radius 1 is 1.06 bits per heavy atom. The van der Waals surface area contributed by atoms with Crippen molar-refractivity contribution in [3.63, 3.8) is 0 Å². The van der Waals surface area contributed by atoms with E-state index in [1.807, 2.05) is 0 Å². The minimum Gasteiger partial charge on any atom is -0.313 e. The monoisotopic (exact) mass is 238 g/mol. The predicted octanol–water partition coefficient (Wildman–Crippen LogP) is 3.03. The molecule has 0 aliphatic heterocycles. The lowest BCUT2D eigenvalue weighted by atomic mass is 9.88. The van der Waals surface area contributed by atoms with Crippen molar-refractivity contribution in [1.82, 2.24) is 10.2 Å². The molecule has 0 saturated heterocycles. The van der Waals surface area contributed by atoms with Crippen molar-refractivity contribution in [1.29, 1.82) is 0 Å². The number of hydrogen-bond acceptors (Lipinski definition) is 2. The summed E-state index contributed by atoms with van der Waals surface area (Å²) in [4.78, 5) is 2.81. The number of rotatable bonds is 7. The van der Waals surface area contributed by atoms with Crippen molar-refractivity contribution in [2.75, 3.05) is 19.6 Å². The summed E-state index contributed by atoms with van der Waals surface area (Å²) in [5.41, 5.74) is 0. The molecule has 0 heterocycles. The number of likely N-dealkylation sites (N-methyl/N-ethyl adjacent to an activating group) is 1. The standard InChI is InChI=1S/C15H30N2/c1-3-11-17(12-13-9-10-13)15-8-6-5-7-14(15)16-4-2/h13-16H,3-12H2,1-2H3. The van der Waals surface area contributed by atoms with Gasteiger partial charge in [0.25, 0.3) is 0 Å². The van der Waals surface area contributed by atoms with E-state index in [4.69, 9.17) is 0 Å². The van der Waals surface area contributed by atoms with Crippen LogP contribution in [0.2, 0.25) is 0 Å². The number of nitrogens with one attached hydrogen (secondary N) is 1. The van der Waals surface area contributed by atoms with E-state index in [-0.39, 0.29) is 0 Å². The smallest absolute Gasteiger partial charge is 0.0249 e. The molecule has 2 nitrogen and oxygen atoms in total. The molecule has 0 aromatic carbocycles. The largest absolute Gasteiger partial charge is 0.313 e. The maximum absolute atomic E-state index is 3.73. The summed E-state index contributed by atoms with van der Waals surface area (Å²) in [6, 6.07) is 1.59. The zero-order valence-electron chi connectivity index (χ0n) is 11.8. The maximum Gasteiger partial charge on any atom is 0.0249 e. The third-order valence-corrected chi connectivity index (χ3v) is 4.37. The molecule has 100 valence electrons. The molecule has 0 amide bonds. The van der Waals surface area contributed by atoms with Crippen LogP contribution in [0.15, 0.2) is 0 Å². The minimum absolute atomic E-state index is 0.763. The van der Waals surface area contributed by atoms with Gasteiger partial charge in [-0.3, -0.25) is 4.90 Å². The Morgan fingerprint density at radius 2 is 1.82 bits per heavy atom. The van der Waals surface area contributed by atoms with Crippen LogP contribution < -0.4 is 5.32 Å². The summed E-state index contributed by atoms with van der Waals surface area (Å²) in [6.45, 7) is 8.38. The van der Waals surface area contributed by atoms with Crippen LogP contribution in [0.1, 0.15) is 58.8 Å². The second-order valence-corrected chi connectivity index (χ2v) is 5.95. The molecule has 2 rings (SSSR count). The van der Waals surface area contributed by atoms with Crippen LogP contribution in [0.5, 0.6) is 0 Å². The van der Waals surface area contributed by atoms with Gasteiger partial charge in [0.05, 0.1) is 0 Å². The summed E-state index contributed by atoms with van der Waals surface area (Å²) in [5.74, 6) is 1.03. The van der Waals surface area contributed by atoms with Gasteiger partial charge in [-0.25, -0.2) is 0 Å². The fraction of sp³-hybridized carbons (Fsp3) is 1.00. The molecule has 17 heavy (non-hydrogen) atoms. The molecule has 0 spiro atoms. The first kappa shape index (κ1) is 13.4. The molecule has 2 aliphatic rings. The lowest BCUT2D eigenvalue weighted by molar-refractivity contribution is 0.117. The van der Waals surface area contributed by atoms with Gasteiger partial charge in [0, 0.05) is 18.6 Å². The van der Waals surface area contributed by atoms with E-state index >= 15 is 0 Å². The van der Waals surface area contributed by atoms with Gasteiger partial charge in [-0.15, -0.1) is 0 Å². The number of hydrogen-bond donors (Lipinski definition) is 1. The Hall–Kier alpha value is -0.0800. The Kier molecular flexibility index (Phi) is 5.30. The molecule has 0 radical (unpaired) electrons. The summed E-state index contributed by atoms with van der Waals surface area (Å²) in [6.07, 6.45) is 9.96. The normalized spacial score (nSPS) is 29.8. The zero-order chi connectivity index (χ0) is 12.1. The molecule has 1 N–H and O–H groups in total. The van der Waals surface area contributed by atoms with E-state index in [1.54, 1.807) is 0 Å². The van der Waals surface area contributed by atoms with Crippen LogP contribution in [0, 0.1) is 5.92 Å². The highest BCUT2D eigenvalue weighted by Crippen LogP contribution is 2.32. The van der Waals surface area contributed by atoms with Gasteiger partial charge in [0.15, 0.2) is 0 Å². The first-order chi connectivity index (χ1) is 8.35. The van der Waals surface area contributed by atoms with E-state index in [0.717, 1.165) is 24.5 Å². The van der Waals surface area contributed by atoms with Crippen molar-refractivity contribution >= 4 is 0 Å². The van der Waals surface area contributed by atoms with Gasteiger partial charge in [-0.05, 0) is 51.1 Å². The van der Waals surface area contributed by atoms with Gasteiger partial charge >= 0.3 is 0 Å². The fourth-order valence-electron chi connectivity index (χ4n) is 3.36. The average Bonchev–Trinajstić information content (AvgIpc) is 3.14. The molecule has 2 fully saturated rings. The summed E-state index contributed by atoms with van der Waals surface area (Å²) >= 11 is 0. The van der Waals surface area contributed by atoms with Crippen molar-refractivity contribution in [3.05, 3.63) is 0 Å². The lowest BCUT2D eigenvalue weighted by Crippen LogP contribution is -2.52. The quantitative estimate of drug-likeness (QED) is 0.733. The Bertz CT molecular complexity index is 211. The first-order valence-corrected chi connectivity index (χ1v) is 7.82. The third-order valence-electron chi connectivity index (χ3n) is 4.37. The molecule has 0 aromatic rings. The highest BCUT2D eigenvalue weighted by Gasteiger charge is 2.32. The Balaban J connectivity index is 1.91. The van der Waals surface area contributed by atoms with Crippen molar-refractivity contribution in [2.45, 2.75) is 70.9 Å². The van der Waals surface area contributed by atoms with E-state index in [2.05, 4.69) is 24.1 Å². The highest BCUT2D eigenvalue weighted by molar-refractivity contribution is 4.90. The van der Waals surface area contributed by atoms with E-state index in [0.29, 0.717) is 0 Å². The highest BCUT2D eigenvalue weighted by atomic mass is 15.2. The second kappa shape index (κ2) is 6.75. The van der Waals surface area contributed by atoms with E-state index < -0.39 is 0 Å². The van der Waals surface area contributed by atoms with Crippen LogP contribution in [0.4, 0.5) is 0 Å². The van der Waals surface area contributed by atoms with Crippen molar-refractivity contribution in [3.8, 4) is 0 Å². The number of nitrogens with zero attached hydrogens (tertiary/aromatic N) is 1. The molecular formula is C15H30N2. The van der Waals surface area contributed by atoms with Crippen molar-refractivity contribution in [2.24, 2.45) is 5.92 Å². The van der Waals surface area contributed by atoms with Crippen LogP contribution in [0.3, 0.4) is 0 Å². The maximum atomic E-state index is 3.73. The van der Waals surface area contributed by atoms with E-state index in [9.17, 15) is 0 Å². The minimum atomic E-state index is 0.763. The van der Waals surface area contributed by atoms with Gasteiger partial charge in [-0.2, -0.15) is 0 Å². The van der Waals surface area contributed by atoms with Gasteiger partial charge < -0.3 is 5.32 Å². The van der Waals surface area contributed by atoms with Gasteiger partial charge in [0.2, 0.25) is 0 Å². The van der Waals surface area contributed by atoms with Crippen LogP contribution >= 0.6 is 0 Å². The summed E-state index contributed by atoms with van der Waals surface area (Å²) < 4.78 is 0.